The Morgan fingerprint density at radius 3 is 2.59 bits per heavy atom. The van der Waals surface area contributed by atoms with Crippen LogP contribution in [0.15, 0.2) is 64.6 Å². The zero-order valence-electron chi connectivity index (χ0n) is 18.7. The van der Waals surface area contributed by atoms with Gasteiger partial charge in [-0.1, -0.05) is 12.1 Å². The molecule has 2 aliphatic rings. The number of carbonyl (C=O) groups is 2. The number of nitrogens with zero attached hydrogens (tertiary/aromatic N) is 2. The van der Waals surface area contributed by atoms with E-state index in [1.165, 1.54) is 17.0 Å². The van der Waals surface area contributed by atoms with E-state index < -0.39 is 23.5 Å². The summed E-state index contributed by atoms with van der Waals surface area (Å²) in [6.45, 7) is 3.05. The van der Waals surface area contributed by atoms with E-state index in [-0.39, 0.29) is 17.9 Å². The van der Waals surface area contributed by atoms with E-state index in [9.17, 15) is 19.1 Å². The fourth-order valence-electron chi connectivity index (χ4n) is 4.38. The van der Waals surface area contributed by atoms with Crippen LogP contribution < -0.4 is 9.64 Å². The normalized spacial score (nSPS) is 19.3. The maximum Gasteiger partial charge on any atom is 0.296 e. The predicted molar refractivity (Wildman–Crippen MR) is 123 cm³/mol. The summed E-state index contributed by atoms with van der Waals surface area (Å²) in [4.78, 5) is 29.6. The summed E-state index contributed by atoms with van der Waals surface area (Å²) >= 11 is 0. The lowest BCUT2D eigenvalue weighted by molar-refractivity contribution is -0.140. The fraction of sp³-hybridized carbons (Fsp3) is 0.231. The summed E-state index contributed by atoms with van der Waals surface area (Å²) in [7, 11) is 1.92. The van der Waals surface area contributed by atoms with Crippen LogP contribution in [0, 0.1) is 12.7 Å². The summed E-state index contributed by atoms with van der Waals surface area (Å²) in [5.41, 5.74) is 1.76. The van der Waals surface area contributed by atoms with Gasteiger partial charge in [-0.15, -0.1) is 0 Å². The number of carbonyl (C=O) groups excluding carboxylic acids is 2. The van der Waals surface area contributed by atoms with Crippen LogP contribution >= 0.6 is 0 Å². The summed E-state index contributed by atoms with van der Waals surface area (Å²) in [5, 5.41) is 11.3. The first-order valence-electron chi connectivity index (χ1n) is 10.9. The van der Waals surface area contributed by atoms with Gasteiger partial charge < -0.3 is 24.1 Å². The Morgan fingerprint density at radius 2 is 1.88 bits per heavy atom. The number of aliphatic hydroxyl groups is 1. The highest BCUT2D eigenvalue weighted by Crippen LogP contribution is 2.42. The Balaban J connectivity index is 1.61. The topological polar surface area (TPSA) is 83.2 Å². The van der Waals surface area contributed by atoms with Gasteiger partial charge >= 0.3 is 0 Å². The van der Waals surface area contributed by atoms with Crippen LogP contribution in [-0.4, -0.2) is 41.9 Å². The molecule has 2 aromatic carbocycles. The van der Waals surface area contributed by atoms with Crippen molar-refractivity contribution >= 4 is 23.1 Å². The number of hydrogen-bond donors (Lipinski definition) is 1. The number of ketones is 1. The van der Waals surface area contributed by atoms with E-state index in [0.717, 1.165) is 5.69 Å². The summed E-state index contributed by atoms with van der Waals surface area (Å²) in [6, 6.07) is 13.3. The molecule has 1 fully saturated rings. The number of hydrogen-bond acceptors (Lipinski definition) is 6. The number of aryl methyl sites for hydroxylation is 1. The fourth-order valence-corrected chi connectivity index (χ4v) is 4.38. The van der Waals surface area contributed by atoms with Crippen molar-refractivity contribution in [1.29, 1.82) is 0 Å². The molecule has 0 bridgehead atoms. The molecule has 1 unspecified atom stereocenters. The molecule has 1 aromatic heterocycles. The van der Waals surface area contributed by atoms with Crippen LogP contribution in [0.25, 0.3) is 5.76 Å². The first-order chi connectivity index (χ1) is 16.3. The zero-order valence-corrected chi connectivity index (χ0v) is 18.7. The van der Waals surface area contributed by atoms with Gasteiger partial charge in [-0.3, -0.25) is 9.59 Å². The molecule has 1 saturated heterocycles. The Kier molecular flexibility index (Phi) is 5.36. The van der Waals surface area contributed by atoms with E-state index >= 15 is 0 Å². The smallest absolute Gasteiger partial charge is 0.296 e. The highest BCUT2D eigenvalue weighted by Gasteiger charge is 2.47. The van der Waals surface area contributed by atoms with E-state index in [4.69, 9.17) is 9.15 Å². The van der Waals surface area contributed by atoms with E-state index in [2.05, 4.69) is 0 Å². The average Bonchev–Trinajstić information content (AvgIpc) is 3.36. The van der Waals surface area contributed by atoms with Gasteiger partial charge in [-0.05, 0) is 55.0 Å². The summed E-state index contributed by atoms with van der Waals surface area (Å²) < 4.78 is 24.8. The number of likely N-dealkylation sites (tertiary alicyclic amines) is 1. The number of Topliss-reactive ketones (excluding diaryl/α,β-unsaturated/α-hetero) is 1. The van der Waals surface area contributed by atoms with Crippen molar-refractivity contribution in [1.82, 2.24) is 4.90 Å². The molecule has 8 heteroatoms. The first kappa shape index (κ1) is 21.8. The van der Waals surface area contributed by atoms with Crippen molar-refractivity contribution in [3.05, 3.63) is 88.6 Å². The van der Waals surface area contributed by atoms with Crippen LogP contribution in [0.2, 0.25) is 0 Å². The Morgan fingerprint density at radius 1 is 1.12 bits per heavy atom. The second-order valence-corrected chi connectivity index (χ2v) is 8.45. The van der Waals surface area contributed by atoms with Crippen LogP contribution in [0.1, 0.15) is 28.7 Å². The number of likely N-dealkylation sites (N-methyl/N-ethyl adjacent to an activating group) is 1. The number of halogens is 1. The molecule has 174 valence electrons. The van der Waals surface area contributed by atoms with Gasteiger partial charge in [0.2, 0.25) is 0 Å². The minimum Gasteiger partial charge on any atom is -0.507 e. The third kappa shape index (κ3) is 3.71. The molecule has 2 aliphatic heterocycles. The van der Waals surface area contributed by atoms with Gasteiger partial charge in [-0.25, -0.2) is 4.39 Å². The summed E-state index contributed by atoms with van der Waals surface area (Å²) in [5.74, 6) is -0.607. The van der Waals surface area contributed by atoms with E-state index in [1.54, 1.807) is 49.4 Å². The van der Waals surface area contributed by atoms with Crippen molar-refractivity contribution in [2.24, 2.45) is 0 Å². The lowest BCUT2D eigenvalue weighted by Gasteiger charge is -2.28. The van der Waals surface area contributed by atoms with Gasteiger partial charge in [-0.2, -0.15) is 0 Å². The van der Waals surface area contributed by atoms with Gasteiger partial charge in [0.25, 0.3) is 11.7 Å². The van der Waals surface area contributed by atoms with Crippen molar-refractivity contribution in [3.8, 4) is 5.75 Å². The number of aliphatic hydroxyl groups excluding tert-OH is 1. The third-order valence-electron chi connectivity index (χ3n) is 6.16. The molecule has 3 aromatic rings. The lowest BCUT2D eigenvalue weighted by atomic mass is 9.98. The molecular weight excluding hydrogens is 439 g/mol. The number of amides is 1. The lowest BCUT2D eigenvalue weighted by Crippen LogP contribution is -2.29. The first-order valence-corrected chi connectivity index (χ1v) is 10.9. The Bertz CT molecular complexity index is 1310. The molecule has 1 amide bonds. The molecule has 5 rings (SSSR count). The Hall–Kier alpha value is -4.07. The average molecular weight is 462 g/mol. The van der Waals surface area contributed by atoms with Gasteiger partial charge in [0.05, 0.1) is 17.8 Å². The number of anilines is 1. The van der Waals surface area contributed by atoms with Crippen molar-refractivity contribution in [2.45, 2.75) is 19.5 Å². The SMILES string of the molecule is Cc1ccc(C2/C(=C(/O)c3ccc4c(c3)N(C)CCO4)C(=O)C(=O)N2Cc2ccc(F)cc2)o1. The zero-order chi connectivity index (χ0) is 24.0. The van der Waals surface area contributed by atoms with Crippen molar-refractivity contribution < 1.29 is 28.2 Å². The molecule has 1 atom stereocenters. The predicted octanol–water partition coefficient (Wildman–Crippen LogP) is 4.18. The molecule has 1 N–H and O–H groups in total. The standard InChI is InChI=1S/C26H23FN2O5/c1-15-3-9-21(34-15)23-22(24(30)17-6-10-20-19(13-17)28(2)11-12-33-20)25(31)26(32)29(23)14-16-4-7-18(27)8-5-16/h3-10,13,23,30H,11-12,14H2,1-2H3/b24-22-. The van der Waals surface area contributed by atoms with E-state index in [1.807, 2.05) is 11.9 Å². The minimum absolute atomic E-state index is 0.0484. The van der Waals surface area contributed by atoms with Crippen molar-refractivity contribution in [2.75, 3.05) is 25.1 Å². The molecule has 0 aliphatic carbocycles. The molecule has 7 nitrogen and oxygen atoms in total. The second-order valence-electron chi connectivity index (χ2n) is 8.45. The van der Waals surface area contributed by atoms with Gasteiger partial charge in [0, 0.05) is 19.2 Å². The molecule has 0 radical (unpaired) electrons. The molecule has 3 heterocycles. The quantitative estimate of drug-likeness (QED) is 0.356. The van der Waals surface area contributed by atoms with Crippen LogP contribution in [0.4, 0.5) is 10.1 Å². The van der Waals surface area contributed by atoms with Crippen LogP contribution in [-0.2, 0) is 16.1 Å². The van der Waals surface area contributed by atoms with Gasteiger partial charge in [0.1, 0.15) is 41.5 Å². The van der Waals surface area contributed by atoms with Crippen LogP contribution in [0.5, 0.6) is 5.75 Å². The largest absolute Gasteiger partial charge is 0.507 e. The monoisotopic (exact) mass is 462 g/mol. The summed E-state index contributed by atoms with van der Waals surface area (Å²) in [6.07, 6.45) is 0. The molecule has 0 spiro atoms. The number of furan rings is 1. The maximum absolute atomic E-state index is 13.4. The molecule has 0 saturated carbocycles. The molecule has 34 heavy (non-hydrogen) atoms. The second kappa shape index (κ2) is 8.37. The van der Waals surface area contributed by atoms with E-state index in [0.29, 0.717) is 41.5 Å². The highest BCUT2D eigenvalue weighted by atomic mass is 19.1. The minimum atomic E-state index is -0.927. The maximum atomic E-state index is 13.4. The van der Waals surface area contributed by atoms with Gasteiger partial charge in [0.15, 0.2) is 0 Å². The number of ether oxygens (including phenoxy) is 1. The highest BCUT2D eigenvalue weighted by molar-refractivity contribution is 6.46. The Labute approximate surface area is 195 Å². The number of rotatable bonds is 4. The number of benzene rings is 2. The van der Waals surface area contributed by atoms with Crippen molar-refractivity contribution in [3.63, 3.8) is 0 Å². The number of fused-ring (bicyclic) bond motifs is 1. The van der Waals surface area contributed by atoms with Crippen LogP contribution in [0.3, 0.4) is 0 Å². The third-order valence-corrected chi connectivity index (χ3v) is 6.16. The molecular formula is C26H23FN2O5.